The minimum atomic E-state index is -0.569. The van der Waals surface area contributed by atoms with Crippen LogP contribution in [0.25, 0.3) is 0 Å². The van der Waals surface area contributed by atoms with Crippen LogP contribution in [-0.2, 0) is 0 Å². The number of para-hydroxylation sites is 2. The van der Waals surface area contributed by atoms with E-state index in [1.807, 2.05) is 0 Å². The van der Waals surface area contributed by atoms with Gasteiger partial charge in [-0.2, -0.15) is 0 Å². The van der Waals surface area contributed by atoms with Crippen molar-refractivity contribution in [3.8, 4) is 17.2 Å². The van der Waals surface area contributed by atoms with Gasteiger partial charge in [-0.1, -0.05) is 12.1 Å². The molecule has 0 radical (unpaired) electrons. The fourth-order valence-corrected chi connectivity index (χ4v) is 1.43. The molecule has 0 aliphatic rings. The molecule has 0 fully saturated rings. The molecule has 2 rings (SSSR count). The average Bonchev–Trinajstić information content (AvgIpc) is 2.37. The van der Waals surface area contributed by atoms with E-state index in [1.54, 1.807) is 24.3 Å². The fourth-order valence-electron chi connectivity index (χ4n) is 1.43. The van der Waals surface area contributed by atoms with Crippen LogP contribution >= 0.6 is 0 Å². The van der Waals surface area contributed by atoms with Gasteiger partial charge in [-0.3, -0.25) is 4.99 Å². The zero-order valence-electron chi connectivity index (χ0n) is 9.41. The number of nitrogen functional groups attached to an aromatic ring is 1. The first-order valence-corrected chi connectivity index (χ1v) is 5.22. The van der Waals surface area contributed by atoms with E-state index in [9.17, 15) is 15.3 Å². The maximum atomic E-state index is 9.59. The van der Waals surface area contributed by atoms with E-state index in [0.717, 1.165) is 0 Å². The lowest BCUT2D eigenvalue weighted by Gasteiger charge is -2.03. The summed E-state index contributed by atoms with van der Waals surface area (Å²) in [7, 11) is 0. The summed E-state index contributed by atoms with van der Waals surface area (Å²) in [5, 5.41) is 28.1. The summed E-state index contributed by atoms with van der Waals surface area (Å²) in [5.74, 6) is -1.38. The van der Waals surface area contributed by atoms with E-state index < -0.39 is 11.5 Å². The Morgan fingerprint density at radius 1 is 0.944 bits per heavy atom. The number of phenolic OH excluding ortho intramolecular Hbond substituents is 3. The largest absolute Gasteiger partial charge is 0.504 e. The third kappa shape index (κ3) is 2.20. The highest BCUT2D eigenvalue weighted by molar-refractivity contribution is 5.88. The zero-order chi connectivity index (χ0) is 13.1. The van der Waals surface area contributed by atoms with Crippen LogP contribution in [0.2, 0.25) is 0 Å². The number of nitrogens with zero attached hydrogens (tertiary/aromatic N) is 1. The minimum Gasteiger partial charge on any atom is -0.504 e. The molecule has 2 aromatic rings. The molecule has 0 saturated carbocycles. The molecular weight excluding hydrogens is 232 g/mol. The second-order valence-corrected chi connectivity index (χ2v) is 3.69. The number of hydrogen-bond donors (Lipinski definition) is 4. The molecule has 0 saturated heterocycles. The Morgan fingerprint density at radius 3 is 2.39 bits per heavy atom. The summed E-state index contributed by atoms with van der Waals surface area (Å²) in [5.41, 5.74) is 7.07. The van der Waals surface area contributed by atoms with Crippen LogP contribution in [0.3, 0.4) is 0 Å². The molecule has 0 bridgehead atoms. The average molecular weight is 244 g/mol. The number of aliphatic imine (C=N–C) groups is 1. The highest BCUT2D eigenvalue weighted by atomic mass is 16.3. The molecule has 0 spiro atoms. The van der Waals surface area contributed by atoms with Crippen molar-refractivity contribution in [3.05, 3.63) is 42.0 Å². The molecule has 0 heterocycles. The molecule has 0 aromatic heterocycles. The summed E-state index contributed by atoms with van der Waals surface area (Å²) in [6.45, 7) is 0. The van der Waals surface area contributed by atoms with Crippen LogP contribution < -0.4 is 5.73 Å². The fraction of sp³-hybridized carbons (Fsp3) is 0. The maximum absolute atomic E-state index is 9.59. The molecule has 0 aliphatic carbocycles. The molecule has 5 nitrogen and oxygen atoms in total. The number of rotatable bonds is 2. The van der Waals surface area contributed by atoms with E-state index in [4.69, 9.17) is 5.73 Å². The smallest absolute Gasteiger partial charge is 0.200 e. The van der Waals surface area contributed by atoms with Gasteiger partial charge in [0.15, 0.2) is 11.5 Å². The SMILES string of the molecule is Nc1ccccc1N=Cc1ccc(O)c(O)c1O. The van der Waals surface area contributed by atoms with Crippen molar-refractivity contribution >= 4 is 17.6 Å². The summed E-state index contributed by atoms with van der Waals surface area (Å²) in [6, 6.07) is 9.72. The number of anilines is 1. The van der Waals surface area contributed by atoms with Crippen LogP contribution in [0, 0.1) is 0 Å². The Labute approximate surface area is 103 Å². The lowest BCUT2D eigenvalue weighted by atomic mass is 10.2. The molecule has 92 valence electrons. The van der Waals surface area contributed by atoms with Crippen molar-refractivity contribution < 1.29 is 15.3 Å². The molecular formula is C13H12N2O3. The lowest BCUT2D eigenvalue weighted by molar-refractivity contribution is 0.367. The molecule has 0 aliphatic heterocycles. The maximum Gasteiger partial charge on any atom is 0.200 e. The monoisotopic (exact) mass is 244 g/mol. The summed E-state index contributed by atoms with van der Waals surface area (Å²) in [4.78, 5) is 4.10. The number of benzene rings is 2. The first kappa shape index (κ1) is 11.8. The predicted octanol–water partition coefficient (Wildman–Crippen LogP) is 2.14. The summed E-state index contributed by atoms with van der Waals surface area (Å²) in [6.07, 6.45) is 1.36. The van der Waals surface area contributed by atoms with Crippen LogP contribution in [-0.4, -0.2) is 21.5 Å². The predicted molar refractivity (Wildman–Crippen MR) is 69.5 cm³/mol. The van der Waals surface area contributed by atoms with Crippen LogP contribution in [0.5, 0.6) is 17.2 Å². The molecule has 5 N–H and O–H groups in total. The van der Waals surface area contributed by atoms with Crippen molar-refractivity contribution in [2.45, 2.75) is 0 Å². The van der Waals surface area contributed by atoms with Gasteiger partial charge < -0.3 is 21.1 Å². The molecule has 5 heteroatoms. The van der Waals surface area contributed by atoms with E-state index in [1.165, 1.54) is 18.3 Å². The topological polar surface area (TPSA) is 99.1 Å². The van der Waals surface area contributed by atoms with Crippen LogP contribution in [0.4, 0.5) is 11.4 Å². The molecule has 2 aromatic carbocycles. The van der Waals surface area contributed by atoms with Crippen LogP contribution in [0.1, 0.15) is 5.56 Å². The Morgan fingerprint density at radius 2 is 1.67 bits per heavy atom. The second-order valence-electron chi connectivity index (χ2n) is 3.69. The van der Waals surface area contributed by atoms with E-state index >= 15 is 0 Å². The van der Waals surface area contributed by atoms with Gasteiger partial charge in [0.1, 0.15) is 0 Å². The van der Waals surface area contributed by atoms with E-state index in [2.05, 4.69) is 4.99 Å². The van der Waals surface area contributed by atoms with Crippen molar-refractivity contribution in [1.29, 1.82) is 0 Å². The van der Waals surface area contributed by atoms with Gasteiger partial charge in [0.05, 0.1) is 11.4 Å². The Hall–Kier alpha value is -2.69. The summed E-state index contributed by atoms with van der Waals surface area (Å²) < 4.78 is 0. The normalized spacial score (nSPS) is 10.9. The van der Waals surface area contributed by atoms with Gasteiger partial charge >= 0.3 is 0 Å². The van der Waals surface area contributed by atoms with Crippen molar-refractivity contribution in [2.24, 2.45) is 4.99 Å². The van der Waals surface area contributed by atoms with E-state index in [0.29, 0.717) is 11.4 Å². The van der Waals surface area contributed by atoms with Gasteiger partial charge in [0.25, 0.3) is 0 Å². The molecule has 18 heavy (non-hydrogen) atoms. The molecule has 0 unspecified atom stereocenters. The number of hydrogen-bond acceptors (Lipinski definition) is 5. The minimum absolute atomic E-state index is 0.286. The third-order valence-corrected chi connectivity index (χ3v) is 2.44. The Balaban J connectivity index is 2.36. The van der Waals surface area contributed by atoms with Gasteiger partial charge in [-0.15, -0.1) is 0 Å². The van der Waals surface area contributed by atoms with Gasteiger partial charge in [-0.05, 0) is 24.3 Å². The third-order valence-electron chi connectivity index (χ3n) is 2.44. The van der Waals surface area contributed by atoms with Crippen molar-refractivity contribution in [1.82, 2.24) is 0 Å². The standard InChI is InChI=1S/C13H12N2O3/c14-9-3-1-2-4-10(9)15-7-8-5-6-11(16)13(18)12(8)17/h1-7,16-18H,14H2. The lowest BCUT2D eigenvalue weighted by Crippen LogP contribution is -1.86. The Bertz CT molecular complexity index is 609. The van der Waals surface area contributed by atoms with Crippen molar-refractivity contribution in [3.63, 3.8) is 0 Å². The summed E-state index contributed by atoms with van der Waals surface area (Å²) >= 11 is 0. The number of aromatic hydroxyl groups is 3. The van der Waals surface area contributed by atoms with E-state index in [-0.39, 0.29) is 11.3 Å². The molecule has 0 amide bonds. The van der Waals surface area contributed by atoms with Gasteiger partial charge in [0.2, 0.25) is 5.75 Å². The second kappa shape index (κ2) is 4.67. The number of nitrogens with two attached hydrogens (primary N) is 1. The molecule has 0 atom stereocenters. The zero-order valence-corrected chi connectivity index (χ0v) is 9.41. The quantitative estimate of drug-likeness (QED) is 0.369. The van der Waals surface area contributed by atoms with Gasteiger partial charge in [-0.25, -0.2) is 0 Å². The highest BCUT2D eigenvalue weighted by Gasteiger charge is 2.09. The first-order chi connectivity index (χ1) is 8.59. The number of phenols is 3. The van der Waals surface area contributed by atoms with Crippen molar-refractivity contribution in [2.75, 3.05) is 5.73 Å². The van der Waals surface area contributed by atoms with Crippen LogP contribution in [0.15, 0.2) is 41.4 Å². The Kier molecular flexibility index (Phi) is 3.05. The van der Waals surface area contributed by atoms with Gasteiger partial charge in [0, 0.05) is 11.8 Å². The first-order valence-electron chi connectivity index (χ1n) is 5.22. The highest BCUT2D eigenvalue weighted by Crippen LogP contribution is 2.36.